The van der Waals surface area contributed by atoms with Crippen LogP contribution in [0.3, 0.4) is 0 Å². The summed E-state index contributed by atoms with van der Waals surface area (Å²) in [5.41, 5.74) is 4.19. The van der Waals surface area contributed by atoms with Crippen LogP contribution in [0.25, 0.3) is 43.7 Å². The molecule has 2 heterocycles. The molecule has 0 saturated heterocycles. The van der Waals surface area contributed by atoms with Gasteiger partial charge < -0.3 is 9.40 Å². The Balaban J connectivity index is 1.47. The van der Waals surface area contributed by atoms with Gasteiger partial charge in [-0.25, -0.2) is 0 Å². The summed E-state index contributed by atoms with van der Waals surface area (Å²) < 4.78 is 6.19. The molecular weight excluding hydrogens is 418 g/mol. The minimum absolute atomic E-state index is 0.936. The van der Waals surface area contributed by atoms with Crippen LogP contribution in [-0.4, -0.2) is 13.8 Å². The lowest BCUT2D eigenvalue weighted by Gasteiger charge is -2.17. The summed E-state index contributed by atoms with van der Waals surface area (Å²) in [6.07, 6.45) is 0. The third-order valence-corrected chi connectivity index (χ3v) is 9.85. The molecule has 0 aliphatic rings. The lowest BCUT2D eigenvalue weighted by Crippen LogP contribution is -2.51. The van der Waals surface area contributed by atoms with Crippen molar-refractivity contribution in [2.75, 3.05) is 0 Å². The maximum atomic E-state index is 6.19. The van der Waals surface area contributed by atoms with Crippen molar-refractivity contribution in [1.82, 2.24) is 4.98 Å². The Labute approximate surface area is 192 Å². The zero-order chi connectivity index (χ0) is 21.8. The number of hydrogen-bond acceptors (Lipinski definition) is 1. The second kappa shape index (κ2) is 7.22. The lowest BCUT2D eigenvalue weighted by molar-refractivity contribution is 0.669. The SMILES string of the molecule is c1ccc([SiH](c2ccccc2)c2ccc3[nH]c4cc5c(cc4c3c2)oc2ccccc25)cc1. The van der Waals surface area contributed by atoms with Crippen molar-refractivity contribution in [2.45, 2.75) is 0 Å². The molecule has 0 fully saturated rings. The lowest BCUT2D eigenvalue weighted by atomic mass is 10.1. The van der Waals surface area contributed by atoms with E-state index in [-0.39, 0.29) is 0 Å². The zero-order valence-corrected chi connectivity index (χ0v) is 19.1. The molecule has 33 heavy (non-hydrogen) atoms. The number of aromatic nitrogens is 1. The Bertz CT molecular complexity index is 1720. The van der Waals surface area contributed by atoms with Crippen LogP contribution in [0.1, 0.15) is 0 Å². The molecule has 0 unspecified atom stereocenters. The van der Waals surface area contributed by atoms with E-state index in [1.807, 2.05) is 12.1 Å². The van der Waals surface area contributed by atoms with Crippen LogP contribution in [-0.2, 0) is 0 Å². The van der Waals surface area contributed by atoms with Crippen LogP contribution >= 0.6 is 0 Å². The Morgan fingerprint density at radius 1 is 0.455 bits per heavy atom. The molecule has 1 N–H and O–H groups in total. The summed E-state index contributed by atoms with van der Waals surface area (Å²) in [5, 5.41) is 9.08. The van der Waals surface area contributed by atoms with Crippen molar-refractivity contribution in [3.8, 4) is 0 Å². The number of benzene rings is 5. The maximum Gasteiger partial charge on any atom is 0.136 e. The van der Waals surface area contributed by atoms with E-state index < -0.39 is 8.80 Å². The highest BCUT2D eigenvalue weighted by Gasteiger charge is 2.20. The standard InChI is InChI=1S/C30H21NOSi/c1-3-9-20(10-4-1)33(21-11-5-2-6-12-21)22-15-16-27-24(17-22)25-19-30-26(18-28(25)31-27)23-13-7-8-14-29(23)32-30/h1-19,31,33H. The Morgan fingerprint density at radius 2 is 1.12 bits per heavy atom. The molecule has 3 heteroatoms. The molecule has 0 radical (unpaired) electrons. The van der Waals surface area contributed by atoms with E-state index in [1.54, 1.807) is 0 Å². The summed E-state index contributed by atoms with van der Waals surface area (Å²) in [6, 6.07) is 41.6. The number of furan rings is 1. The van der Waals surface area contributed by atoms with Crippen molar-refractivity contribution >= 4 is 68.1 Å². The van der Waals surface area contributed by atoms with Crippen LogP contribution in [0.4, 0.5) is 0 Å². The first-order valence-electron chi connectivity index (χ1n) is 11.3. The molecule has 156 valence electrons. The van der Waals surface area contributed by atoms with Gasteiger partial charge in [0, 0.05) is 32.6 Å². The number of nitrogens with one attached hydrogen (secondary N) is 1. The van der Waals surface area contributed by atoms with Crippen LogP contribution in [0.5, 0.6) is 0 Å². The quantitative estimate of drug-likeness (QED) is 0.287. The van der Waals surface area contributed by atoms with Crippen molar-refractivity contribution < 1.29 is 4.42 Å². The second-order valence-corrected chi connectivity index (χ2v) is 11.5. The van der Waals surface area contributed by atoms with Gasteiger partial charge in [-0.3, -0.25) is 0 Å². The zero-order valence-electron chi connectivity index (χ0n) is 18.0. The molecular formula is C30H21NOSi. The highest BCUT2D eigenvalue weighted by Crippen LogP contribution is 2.34. The number of fused-ring (bicyclic) bond motifs is 6. The van der Waals surface area contributed by atoms with Crippen molar-refractivity contribution in [1.29, 1.82) is 0 Å². The van der Waals surface area contributed by atoms with Crippen molar-refractivity contribution in [3.05, 3.63) is 115 Å². The monoisotopic (exact) mass is 439 g/mol. The summed E-state index contributed by atoms with van der Waals surface area (Å²) >= 11 is 0. The highest BCUT2D eigenvalue weighted by molar-refractivity contribution is 6.95. The second-order valence-electron chi connectivity index (χ2n) is 8.68. The van der Waals surface area contributed by atoms with E-state index in [4.69, 9.17) is 4.42 Å². The van der Waals surface area contributed by atoms with Crippen LogP contribution in [0.15, 0.2) is 120 Å². The van der Waals surface area contributed by atoms with Gasteiger partial charge in [0.2, 0.25) is 0 Å². The van der Waals surface area contributed by atoms with Crippen molar-refractivity contribution in [2.24, 2.45) is 0 Å². The van der Waals surface area contributed by atoms with Crippen LogP contribution in [0.2, 0.25) is 0 Å². The third-order valence-electron chi connectivity index (χ3n) is 6.72. The van der Waals surface area contributed by atoms with Gasteiger partial charge in [0.15, 0.2) is 0 Å². The number of para-hydroxylation sites is 1. The Morgan fingerprint density at radius 3 is 1.88 bits per heavy atom. The molecule has 7 aromatic rings. The summed E-state index contributed by atoms with van der Waals surface area (Å²) in [4.78, 5) is 3.64. The summed E-state index contributed by atoms with van der Waals surface area (Å²) in [7, 11) is -1.58. The fourth-order valence-corrected chi connectivity index (χ4v) is 8.18. The predicted molar refractivity (Wildman–Crippen MR) is 142 cm³/mol. The average Bonchev–Trinajstić information content (AvgIpc) is 3.41. The van der Waals surface area contributed by atoms with E-state index in [0.29, 0.717) is 0 Å². The highest BCUT2D eigenvalue weighted by atomic mass is 28.3. The maximum absolute atomic E-state index is 6.19. The topological polar surface area (TPSA) is 28.9 Å². The first-order chi connectivity index (χ1) is 16.3. The molecule has 7 rings (SSSR count). The Kier molecular flexibility index (Phi) is 4.05. The van der Waals surface area contributed by atoms with Gasteiger partial charge in [-0.2, -0.15) is 0 Å². The number of hydrogen-bond donors (Lipinski definition) is 1. The average molecular weight is 440 g/mol. The molecule has 5 aromatic carbocycles. The fraction of sp³-hybridized carbons (Fsp3) is 0. The Hall–Kier alpha value is -4.08. The van der Waals surface area contributed by atoms with Gasteiger partial charge in [-0.05, 0) is 24.3 Å². The first-order valence-corrected chi connectivity index (χ1v) is 13.0. The van der Waals surface area contributed by atoms with Gasteiger partial charge in [0.1, 0.15) is 20.0 Å². The van der Waals surface area contributed by atoms with Gasteiger partial charge in [-0.1, -0.05) is 107 Å². The minimum atomic E-state index is -1.58. The molecule has 0 atom stereocenters. The predicted octanol–water partition coefficient (Wildman–Crippen LogP) is 5.47. The minimum Gasteiger partial charge on any atom is -0.456 e. The molecule has 0 saturated carbocycles. The summed E-state index contributed by atoms with van der Waals surface area (Å²) in [5.74, 6) is 0. The van der Waals surface area contributed by atoms with Gasteiger partial charge in [-0.15, -0.1) is 0 Å². The van der Waals surface area contributed by atoms with E-state index in [2.05, 4.69) is 108 Å². The third kappa shape index (κ3) is 2.94. The number of rotatable bonds is 3. The fourth-order valence-electron chi connectivity index (χ4n) is 5.18. The van der Waals surface area contributed by atoms with E-state index in [0.717, 1.165) is 27.5 Å². The van der Waals surface area contributed by atoms with E-state index in [9.17, 15) is 0 Å². The molecule has 0 spiro atoms. The first kappa shape index (κ1) is 18.5. The molecule has 2 aromatic heterocycles. The van der Waals surface area contributed by atoms with E-state index in [1.165, 1.54) is 31.8 Å². The number of aromatic amines is 1. The molecule has 2 nitrogen and oxygen atoms in total. The smallest absolute Gasteiger partial charge is 0.136 e. The number of H-pyrrole nitrogens is 1. The summed E-state index contributed by atoms with van der Waals surface area (Å²) in [6.45, 7) is 0. The van der Waals surface area contributed by atoms with Gasteiger partial charge >= 0.3 is 0 Å². The van der Waals surface area contributed by atoms with Crippen molar-refractivity contribution in [3.63, 3.8) is 0 Å². The van der Waals surface area contributed by atoms with Gasteiger partial charge in [0.25, 0.3) is 0 Å². The van der Waals surface area contributed by atoms with Crippen LogP contribution in [0, 0.1) is 0 Å². The van der Waals surface area contributed by atoms with Gasteiger partial charge in [0.05, 0.1) is 0 Å². The largest absolute Gasteiger partial charge is 0.456 e. The molecule has 0 aliphatic heterocycles. The molecule has 0 bridgehead atoms. The normalized spacial score (nSPS) is 11.9. The van der Waals surface area contributed by atoms with E-state index >= 15 is 0 Å². The van der Waals surface area contributed by atoms with Crippen LogP contribution < -0.4 is 15.6 Å². The molecule has 0 amide bonds. The molecule has 0 aliphatic carbocycles.